The Bertz CT molecular complexity index is 456. The fraction of sp³-hybridized carbons (Fsp3) is 0.467. The van der Waals surface area contributed by atoms with E-state index in [0.29, 0.717) is 6.42 Å². The van der Waals surface area contributed by atoms with Gasteiger partial charge in [0, 0.05) is 5.92 Å². The number of benzene rings is 1. The molecule has 0 saturated heterocycles. The number of hydrogen-bond donors (Lipinski definition) is 2. The number of hydrogen-bond acceptors (Lipinski definition) is 4. The molecule has 0 aliphatic rings. The standard InChI is InChI=1S/C15H21NO4/c1-11(9-12-7-5-4-6-8-12)13(17)16-10-15(2,19)14(18)20-3/h4-8,11,19H,9-10H2,1-3H3,(H,16,17). The quantitative estimate of drug-likeness (QED) is 0.759. The summed E-state index contributed by atoms with van der Waals surface area (Å²) in [5, 5.41) is 12.4. The van der Waals surface area contributed by atoms with Crippen molar-refractivity contribution in [3.63, 3.8) is 0 Å². The van der Waals surface area contributed by atoms with Crippen LogP contribution in [0, 0.1) is 5.92 Å². The highest BCUT2D eigenvalue weighted by atomic mass is 16.5. The molecule has 0 heterocycles. The zero-order chi connectivity index (χ0) is 15.2. The summed E-state index contributed by atoms with van der Waals surface area (Å²) in [6, 6.07) is 9.66. The third-order valence-electron chi connectivity index (χ3n) is 3.06. The van der Waals surface area contributed by atoms with Crippen molar-refractivity contribution in [1.29, 1.82) is 0 Å². The van der Waals surface area contributed by atoms with Crippen LogP contribution in [0.2, 0.25) is 0 Å². The molecule has 5 heteroatoms. The van der Waals surface area contributed by atoms with Crippen molar-refractivity contribution in [1.82, 2.24) is 5.32 Å². The lowest BCUT2D eigenvalue weighted by Gasteiger charge is -2.21. The number of nitrogens with one attached hydrogen (secondary N) is 1. The van der Waals surface area contributed by atoms with Gasteiger partial charge in [0.25, 0.3) is 0 Å². The number of rotatable bonds is 6. The molecule has 2 N–H and O–H groups in total. The van der Waals surface area contributed by atoms with Crippen molar-refractivity contribution in [2.45, 2.75) is 25.9 Å². The maximum Gasteiger partial charge on any atom is 0.339 e. The first kappa shape index (κ1) is 16.2. The first-order chi connectivity index (χ1) is 9.36. The van der Waals surface area contributed by atoms with Crippen LogP contribution < -0.4 is 5.32 Å². The minimum Gasteiger partial charge on any atom is -0.467 e. The number of ether oxygens (including phenoxy) is 1. The Morgan fingerprint density at radius 2 is 1.95 bits per heavy atom. The second-order valence-corrected chi connectivity index (χ2v) is 5.07. The van der Waals surface area contributed by atoms with Gasteiger partial charge in [-0.15, -0.1) is 0 Å². The van der Waals surface area contributed by atoms with Crippen molar-refractivity contribution in [3.05, 3.63) is 35.9 Å². The highest BCUT2D eigenvalue weighted by Crippen LogP contribution is 2.09. The van der Waals surface area contributed by atoms with Crippen molar-refractivity contribution >= 4 is 11.9 Å². The molecule has 0 fully saturated rings. The minimum absolute atomic E-state index is 0.169. The molecule has 0 radical (unpaired) electrons. The third-order valence-corrected chi connectivity index (χ3v) is 3.06. The maximum absolute atomic E-state index is 11.9. The van der Waals surface area contributed by atoms with E-state index in [0.717, 1.165) is 5.56 Å². The molecule has 2 atom stereocenters. The predicted octanol–water partition coefficient (Wildman–Crippen LogP) is 0.905. The van der Waals surface area contributed by atoms with Gasteiger partial charge in [-0.3, -0.25) is 4.79 Å². The zero-order valence-electron chi connectivity index (χ0n) is 12.1. The van der Waals surface area contributed by atoms with Crippen molar-refractivity contribution in [2.75, 3.05) is 13.7 Å². The van der Waals surface area contributed by atoms with E-state index in [4.69, 9.17) is 0 Å². The van der Waals surface area contributed by atoms with Crippen LogP contribution in [0.4, 0.5) is 0 Å². The molecule has 0 aliphatic heterocycles. The molecule has 20 heavy (non-hydrogen) atoms. The van der Waals surface area contributed by atoms with Crippen molar-refractivity contribution in [2.24, 2.45) is 5.92 Å². The molecule has 5 nitrogen and oxygen atoms in total. The van der Waals surface area contributed by atoms with Gasteiger partial charge in [-0.1, -0.05) is 37.3 Å². The molecule has 0 saturated carbocycles. The fourth-order valence-electron chi connectivity index (χ4n) is 1.79. The SMILES string of the molecule is COC(=O)C(C)(O)CNC(=O)C(C)Cc1ccccc1. The monoisotopic (exact) mass is 279 g/mol. The van der Waals surface area contributed by atoms with E-state index in [2.05, 4.69) is 10.1 Å². The van der Waals surface area contributed by atoms with E-state index < -0.39 is 11.6 Å². The second-order valence-electron chi connectivity index (χ2n) is 5.07. The summed E-state index contributed by atoms with van der Waals surface area (Å²) in [4.78, 5) is 23.2. The molecule has 1 aromatic rings. The molecule has 110 valence electrons. The summed E-state index contributed by atoms with van der Waals surface area (Å²) in [6.45, 7) is 2.94. The molecule has 0 aliphatic carbocycles. The lowest BCUT2D eigenvalue weighted by molar-refractivity contribution is -0.160. The van der Waals surface area contributed by atoms with Crippen molar-refractivity contribution < 1.29 is 19.4 Å². The number of carbonyl (C=O) groups is 2. The predicted molar refractivity (Wildman–Crippen MR) is 75.0 cm³/mol. The van der Waals surface area contributed by atoms with Gasteiger partial charge in [0.05, 0.1) is 13.7 Å². The Labute approximate surface area is 118 Å². The van der Waals surface area contributed by atoms with Crippen LogP contribution in [-0.4, -0.2) is 36.2 Å². The van der Waals surface area contributed by atoms with Crippen LogP contribution >= 0.6 is 0 Å². The highest BCUT2D eigenvalue weighted by Gasteiger charge is 2.32. The normalized spacial score (nSPS) is 15.0. The third kappa shape index (κ3) is 4.66. The Morgan fingerprint density at radius 1 is 1.35 bits per heavy atom. The number of carbonyl (C=O) groups excluding carboxylic acids is 2. The summed E-state index contributed by atoms with van der Waals surface area (Å²) in [6.07, 6.45) is 0.604. The molecule has 0 bridgehead atoms. The lowest BCUT2D eigenvalue weighted by Crippen LogP contribution is -2.48. The van der Waals surface area contributed by atoms with Gasteiger partial charge in [0.2, 0.25) is 5.91 Å². The van der Waals surface area contributed by atoms with Crippen LogP contribution in [-0.2, 0) is 20.7 Å². The molecule has 1 rings (SSSR count). The fourth-order valence-corrected chi connectivity index (χ4v) is 1.79. The number of methoxy groups -OCH3 is 1. The van der Waals surface area contributed by atoms with Gasteiger partial charge in [0.15, 0.2) is 5.60 Å². The maximum atomic E-state index is 11.9. The van der Waals surface area contributed by atoms with E-state index >= 15 is 0 Å². The van der Waals surface area contributed by atoms with Gasteiger partial charge in [0.1, 0.15) is 0 Å². The number of esters is 1. The average Bonchev–Trinajstić information content (AvgIpc) is 2.44. The van der Waals surface area contributed by atoms with Crippen molar-refractivity contribution in [3.8, 4) is 0 Å². The van der Waals surface area contributed by atoms with Crippen LogP contribution in [0.15, 0.2) is 30.3 Å². The van der Waals surface area contributed by atoms with E-state index in [-0.39, 0.29) is 18.4 Å². The molecule has 0 aromatic heterocycles. The Hall–Kier alpha value is -1.88. The molecule has 1 aromatic carbocycles. The summed E-state index contributed by atoms with van der Waals surface area (Å²) < 4.78 is 4.46. The zero-order valence-corrected chi connectivity index (χ0v) is 12.1. The Morgan fingerprint density at radius 3 is 2.50 bits per heavy atom. The summed E-state index contributed by atoms with van der Waals surface area (Å²) in [5.41, 5.74) is -0.647. The smallest absolute Gasteiger partial charge is 0.339 e. The molecule has 0 spiro atoms. The number of aliphatic hydroxyl groups is 1. The van der Waals surface area contributed by atoms with E-state index in [1.807, 2.05) is 30.3 Å². The topological polar surface area (TPSA) is 75.6 Å². The van der Waals surface area contributed by atoms with Crippen LogP contribution in [0.3, 0.4) is 0 Å². The first-order valence-corrected chi connectivity index (χ1v) is 6.49. The largest absolute Gasteiger partial charge is 0.467 e. The van der Waals surface area contributed by atoms with Gasteiger partial charge in [-0.25, -0.2) is 4.79 Å². The van der Waals surface area contributed by atoms with Gasteiger partial charge < -0.3 is 15.2 Å². The second kappa shape index (κ2) is 7.05. The first-order valence-electron chi connectivity index (χ1n) is 6.49. The van der Waals surface area contributed by atoms with Gasteiger partial charge in [-0.05, 0) is 18.9 Å². The van der Waals surface area contributed by atoms with Gasteiger partial charge in [-0.2, -0.15) is 0 Å². The summed E-state index contributed by atoms with van der Waals surface area (Å²) in [7, 11) is 1.19. The Kier molecular flexibility index (Phi) is 5.70. The van der Waals surface area contributed by atoms with E-state index in [1.54, 1.807) is 6.92 Å². The number of amides is 1. The molecule has 2 unspecified atom stereocenters. The summed E-state index contributed by atoms with van der Waals surface area (Å²) >= 11 is 0. The van der Waals surface area contributed by atoms with Crippen LogP contribution in [0.5, 0.6) is 0 Å². The van der Waals surface area contributed by atoms with Crippen LogP contribution in [0.1, 0.15) is 19.4 Å². The average molecular weight is 279 g/mol. The molecule has 1 amide bonds. The highest BCUT2D eigenvalue weighted by molar-refractivity contribution is 5.82. The van der Waals surface area contributed by atoms with E-state index in [1.165, 1.54) is 14.0 Å². The van der Waals surface area contributed by atoms with Gasteiger partial charge >= 0.3 is 5.97 Å². The minimum atomic E-state index is -1.71. The lowest BCUT2D eigenvalue weighted by atomic mass is 10.00. The van der Waals surface area contributed by atoms with Crippen LogP contribution in [0.25, 0.3) is 0 Å². The Balaban J connectivity index is 2.48. The summed E-state index contributed by atoms with van der Waals surface area (Å²) in [5.74, 6) is -1.22. The van der Waals surface area contributed by atoms with E-state index in [9.17, 15) is 14.7 Å². The molecular weight excluding hydrogens is 258 g/mol. The molecular formula is C15H21NO4.